The van der Waals surface area contributed by atoms with Crippen LogP contribution in [-0.2, 0) is 4.74 Å². The number of anilines is 1. The van der Waals surface area contributed by atoms with Crippen LogP contribution in [0.1, 0.15) is 12.8 Å². The molecule has 88 valence electrons. The molecule has 16 heavy (non-hydrogen) atoms. The fourth-order valence-corrected chi connectivity index (χ4v) is 2.92. The molecule has 1 saturated heterocycles. The Balaban J connectivity index is 2.06. The smallest absolute Gasteiger partial charge is 0.120 e. The first-order valence-corrected chi connectivity index (χ1v) is 6.35. The van der Waals surface area contributed by atoms with Crippen LogP contribution < -0.4 is 10.5 Å². The first kappa shape index (κ1) is 11.6. The number of methoxy groups -OCH3 is 1. The Morgan fingerprint density at radius 1 is 1.50 bits per heavy atom. The summed E-state index contributed by atoms with van der Waals surface area (Å²) in [7, 11) is 1.67. The summed E-state index contributed by atoms with van der Waals surface area (Å²) in [6, 6.07) is 5.77. The van der Waals surface area contributed by atoms with Gasteiger partial charge in [0.15, 0.2) is 0 Å². The van der Waals surface area contributed by atoms with Crippen LogP contribution in [0.4, 0.5) is 5.69 Å². The van der Waals surface area contributed by atoms with Crippen LogP contribution in [0.3, 0.4) is 0 Å². The lowest BCUT2D eigenvalue weighted by atomic mass is 10.2. The zero-order valence-corrected chi connectivity index (χ0v) is 10.3. The van der Waals surface area contributed by atoms with Gasteiger partial charge in [0.25, 0.3) is 0 Å². The molecule has 0 radical (unpaired) electrons. The van der Waals surface area contributed by atoms with Crippen LogP contribution in [0.15, 0.2) is 23.1 Å². The Morgan fingerprint density at radius 3 is 3.06 bits per heavy atom. The summed E-state index contributed by atoms with van der Waals surface area (Å²) in [4.78, 5) is 1.09. The van der Waals surface area contributed by atoms with Gasteiger partial charge in [0, 0.05) is 22.4 Å². The summed E-state index contributed by atoms with van der Waals surface area (Å²) in [5.74, 6) is 0.855. The summed E-state index contributed by atoms with van der Waals surface area (Å²) in [5, 5.41) is 0.517. The number of hydrogen-bond donors (Lipinski definition) is 1. The molecule has 0 saturated carbocycles. The number of nitrogen functional groups attached to an aromatic ring is 1. The molecular weight excluding hydrogens is 222 g/mol. The molecule has 1 heterocycles. The average molecular weight is 239 g/mol. The predicted molar refractivity (Wildman–Crippen MR) is 67.1 cm³/mol. The van der Waals surface area contributed by atoms with Gasteiger partial charge in [0.2, 0.25) is 0 Å². The summed E-state index contributed by atoms with van der Waals surface area (Å²) in [5.41, 5.74) is 6.76. The quantitative estimate of drug-likeness (QED) is 0.823. The zero-order valence-electron chi connectivity index (χ0n) is 9.44. The van der Waals surface area contributed by atoms with Gasteiger partial charge in [0.1, 0.15) is 5.75 Å². The van der Waals surface area contributed by atoms with Crippen molar-refractivity contribution in [1.29, 1.82) is 0 Å². The molecule has 1 atom stereocenters. The Kier molecular flexibility index (Phi) is 3.96. The van der Waals surface area contributed by atoms with E-state index in [0.717, 1.165) is 36.0 Å². The van der Waals surface area contributed by atoms with Gasteiger partial charge in [-0.1, -0.05) is 0 Å². The summed E-state index contributed by atoms with van der Waals surface area (Å²) < 4.78 is 10.7. The molecule has 0 aliphatic carbocycles. The molecule has 1 aromatic rings. The zero-order chi connectivity index (χ0) is 11.4. The highest BCUT2D eigenvalue weighted by Crippen LogP contribution is 2.34. The highest BCUT2D eigenvalue weighted by molar-refractivity contribution is 8.00. The SMILES string of the molecule is COc1ccc(N)c(SC2CCCOC2)c1. The van der Waals surface area contributed by atoms with E-state index in [1.54, 1.807) is 18.9 Å². The molecule has 0 bridgehead atoms. The van der Waals surface area contributed by atoms with Crippen molar-refractivity contribution in [2.45, 2.75) is 23.0 Å². The number of ether oxygens (including phenoxy) is 2. The minimum Gasteiger partial charge on any atom is -0.497 e. The third-order valence-electron chi connectivity index (χ3n) is 2.63. The maximum atomic E-state index is 5.94. The van der Waals surface area contributed by atoms with E-state index >= 15 is 0 Å². The number of rotatable bonds is 3. The van der Waals surface area contributed by atoms with Gasteiger partial charge in [-0.05, 0) is 31.0 Å². The van der Waals surface area contributed by atoms with Crippen LogP contribution in [-0.4, -0.2) is 25.6 Å². The maximum Gasteiger partial charge on any atom is 0.120 e. The third-order valence-corrected chi connectivity index (χ3v) is 3.95. The van der Waals surface area contributed by atoms with E-state index in [9.17, 15) is 0 Å². The molecule has 1 aliphatic heterocycles. The third kappa shape index (κ3) is 2.83. The lowest BCUT2D eigenvalue weighted by Crippen LogP contribution is -2.19. The first-order chi connectivity index (χ1) is 7.79. The molecular formula is C12H17NO2S. The molecule has 1 aromatic carbocycles. The van der Waals surface area contributed by atoms with E-state index in [0.29, 0.717) is 5.25 Å². The van der Waals surface area contributed by atoms with Crippen LogP contribution in [0.25, 0.3) is 0 Å². The van der Waals surface area contributed by atoms with E-state index in [4.69, 9.17) is 15.2 Å². The molecule has 2 rings (SSSR count). The minimum absolute atomic E-state index is 0.517. The molecule has 1 unspecified atom stereocenters. The molecule has 0 spiro atoms. The lowest BCUT2D eigenvalue weighted by Gasteiger charge is -2.22. The molecule has 1 fully saturated rings. The second-order valence-corrected chi connectivity index (χ2v) is 5.20. The fraction of sp³-hybridized carbons (Fsp3) is 0.500. The standard InChI is InChI=1S/C12H17NO2S/c1-14-9-4-5-11(13)12(7-9)16-10-3-2-6-15-8-10/h4-5,7,10H,2-3,6,8,13H2,1H3. The molecule has 1 aliphatic rings. The molecule has 4 heteroatoms. The number of hydrogen-bond acceptors (Lipinski definition) is 4. The molecule has 3 nitrogen and oxygen atoms in total. The van der Waals surface area contributed by atoms with Crippen molar-refractivity contribution in [2.24, 2.45) is 0 Å². The van der Waals surface area contributed by atoms with Gasteiger partial charge >= 0.3 is 0 Å². The topological polar surface area (TPSA) is 44.5 Å². The van der Waals surface area contributed by atoms with Crippen molar-refractivity contribution in [3.05, 3.63) is 18.2 Å². The molecule has 2 N–H and O–H groups in total. The van der Waals surface area contributed by atoms with Crippen molar-refractivity contribution in [3.8, 4) is 5.75 Å². The minimum atomic E-state index is 0.517. The van der Waals surface area contributed by atoms with E-state index in [1.807, 2.05) is 18.2 Å². The van der Waals surface area contributed by atoms with Crippen LogP contribution >= 0.6 is 11.8 Å². The Bertz CT molecular complexity index is 351. The normalized spacial score (nSPS) is 20.7. The van der Waals surface area contributed by atoms with Crippen molar-refractivity contribution in [2.75, 3.05) is 26.1 Å². The largest absolute Gasteiger partial charge is 0.497 e. The Labute approximate surface area is 100 Å². The summed E-state index contributed by atoms with van der Waals surface area (Å²) in [6.45, 7) is 1.71. The summed E-state index contributed by atoms with van der Waals surface area (Å²) in [6.07, 6.45) is 2.34. The predicted octanol–water partition coefficient (Wildman–Crippen LogP) is 2.55. The first-order valence-electron chi connectivity index (χ1n) is 5.47. The van der Waals surface area contributed by atoms with Crippen LogP contribution in [0.5, 0.6) is 5.75 Å². The molecule has 0 amide bonds. The van der Waals surface area contributed by atoms with Crippen molar-refractivity contribution in [3.63, 3.8) is 0 Å². The second-order valence-electron chi connectivity index (χ2n) is 3.86. The van der Waals surface area contributed by atoms with Crippen molar-refractivity contribution in [1.82, 2.24) is 0 Å². The van der Waals surface area contributed by atoms with E-state index in [2.05, 4.69) is 0 Å². The van der Waals surface area contributed by atoms with Crippen LogP contribution in [0.2, 0.25) is 0 Å². The van der Waals surface area contributed by atoms with Gasteiger partial charge in [0.05, 0.1) is 13.7 Å². The van der Waals surface area contributed by atoms with E-state index < -0.39 is 0 Å². The molecule has 0 aromatic heterocycles. The van der Waals surface area contributed by atoms with Crippen LogP contribution in [0, 0.1) is 0 Å². The second kappa shape index (κ2) is 5.46. The lowest BCUT2D eigenvalue weighted by molar-refractivity contribution is 0.101. The highest BCUT2D eigenvalue weighted by Gasteiger charge is 2.16. The monoisotopic (exact) mass is 239 g/mol. The maximum absolute atomic E-state index is 5.94. The van der Waals surface area contributed by atoms with E-state index in [1.165, 1.54) is 6.42 Å². The summed E-state index contributed by atoms with van der Waals surface area (Å²) >= 11 is 1.79. The number of nitrogens with two attached hydrogens (primary N) is 1. The Hall–Kier alpha value is -0.870. The highest BCUT2D eigenvalue weighted by atomic mass is 32.2. The van der Waals surface area contributed by atoms with Gasteiger partial charge in [-0.2, -0.15) is 0 Å². The fourth-order valence-electron chi connectivity index (χ4n) is 1.73. The van der Waals surface area contributed by atoms with Crippen molar-refractivity contribution < 1.29 is 9.47 Å². The number of benzene rings is 1. The van der Waals surface area contributed by atoms with E-state index in [-0.39, 0.29) is 0 Å². The van der Waals surface area contributed by atoms with Gasteiger partial charge in [-0.25, -0.2) is 0 Å². The van der Waals surface area contributed by atoms with Gasteiger partial charge in [-0.3, -0.25) is 0 Å². The van der Waals surface area contributed by atoms with Gasteiger partial charge in [-0.15, -0.1) is 11.8 Å². The Morgan fingerprint density at radius 2 is 2.38 bits per heavy atom. The van der Waals surface area contributed by atoms with Crippen molar-refractivity contribution >= 4 is 17.4 Å². The number of thioether (sulfide) groups is 1. The average Bonchev–Trinajstić information content (AvgIpc) is 2.33. The van der Waals surface area contributed by atoms with Gasteiger partial charge < -0.3 is 15.2 Å².